The first-order valence-corrected chi connectivity index (χ1v) is 9.41. The van der Waals surface area contributed by atoms with Crippen LogP contribution in [0.25, 0.3) is 0 Å². The lowest BCUT2D eigenvalue weighted by Crippen LogP contribution is -2.52. The van der Waals surface area contributed by atoms with Gasteiger partial charge in [0, 0.05) is 31.9 Å². The number of carbonyl (C=O) groups excluding carboxylic acids is 1. The number of benzene rings is 2. The second-order valence-corrected chi connectivity index (χ2v) is 6.86. The molecule has 1 fully saturated rings. The smallest absolute Gasteiger partial charge is 0.263 e. The first-order chi connectivity index (χ1) is 12.6. The molecule has 0 aliphatic carbocycles. The fourth-order valence-corrected chi connectivity index (χ4v) is 3.42. The van der Waals surface area contributed by atoms with E-state index in [1.54, 1.807) is 0 Å². The summed E-state index contributed by atoms with van der Waals surface area (Å²) in [5.41, 5.74) is 3.92. The zero-order chi connectivity index (χ0) is 18.5. The minimum absolute atomic E-state index is 0.0944. The molecule has 0 saturated carbocycles. The predicted octanol–water partition coefficient (Wildman–Crippen LogP) is 3.81. The zero-order valence-corrected chi connectivity index (χ0v) is 15.9. The van der Waals surface area contributed by atoms with Gasteiger partial charge in [-0.1, -0.05) is 37.3 Å². The Kier molecular flexibility index (Phi) is 5.82. The highest BCUT2D eigenvalue weighted by Gasteiger charge is 2.28. The van der Waals surface area contributed by atoms with Gasteiger partial charge in [-0.3, -0.25) is 4.79 Å². The van der Waals surface area contributed by atoms with Crippen molar-refractivity contribution in [3.63, 3.8) is 0 Å². The van der Waals surface area contributed by atoms with E-state index in [4.69, 9.17) is 4.74 Å². The Hall–Kier alpha value is -2.49. The van der Waals surface area contributed by atoms with E-state index in [0.717, 1.165) is 31.9 Å². The molecule has 1 amide bonds. The monoisotopic (exact) mass is 352 g/mol. The largest absolute Gasteiger partial charge is 0.481 e. The molecule has 0 radical (unpaired) electrons. The number of hydrogen-bond acceptors (Lipinski definition) is 3. The molecule has 0 unspecified atom stereocenters. The molecule has 0 spiro atoms. The van der Waals surface area contributed by atoms with Gasteiger partial charge in [0.1, 0.15) is 5.75 Å². The quantitative estimate of drug-likeness (QED) is 0.820. The Morgan fingerprint density at radius 1 is 1.00 bits per heavy atom. The first-order valence-electron chi connectivity index (χ1n) is 9.41. The summed E-state index contributed by atoms with van der Waals surface area (Å²) in [7, 11) is 0. The summed E-state index contributed by atoms with van der Waals surface area (Å²) in [6.07, 6.45) is 0.259. The van der Waals surface area contributed by atoms with Gasteiger partial charge in [-0.2, -0.15) is 0 Å². The van der Waals surface area contributed by atoms with Gasteiger partial charge in [0.25, 0.3) is 5.91 Å². The van der Waals surface area contributed by atoms with Crippen molar-refractivity contribution >= 4 is 11.6 Å². The van der Waals surface area contributed by atoms with Crippen LogP contribution in [0.1, 0.15) is 24.5 Å². The molecule has 4 nitrogen and oxygen atoms in total. The van der Waals surface area contributed by atoms with Crippen LogP contribution in [-0.2, 0) is 4.79 Å². The number of ether oxygens (including phenoxy) is 1. The van der Waals surface area contributed by atoms with Gasteiger partial charge in [0.2, 0.25) is 0 Å². The molecule has 1 aliphatic heterocycles. The van der Waals surface area contributed by atoms with Crippen LogP contribution in [0.3, 0.4) is 0 Å². The highest BCUT2D eigenvalue weighted by molar-refractivity contribution is 5.81. The number of hydrogen-bond donors (Lipinski definition) is 0. The molecule has 0 bridgehead atoms. The lowest BCUT2D eigenvalue weighted by atomic mass is 10.1. The van der Waals surface area contributed by atoms with Crippen molar-refractivity contribution in [1.29, 1.82) is 0 Å². The highest BCUT2D eigenvalue weighted by Crippen LogP contribution is 2.24. The molecule has 26 heavy (non-hydrogen) atoms. The van der Waals surface area contributed by atoms with Gasteiger partial charge in [-0.05, 0) is 49.6 Å². The van der Waals surface area contributed by atoms with Crippen LogP contribution in [0.15, 0.2) is 48.5 Å². The summed E-state index contributed by atoms with van der Waals surface area (Å²) in [4.78, 5) is 17.2. The topological polar surface area (TPSA) is 32.8 Å². The second kappa shape index (κ2) is 8.26. The number of amides is 1. The number of rotatable bonds is 5. The van der Waals surface area contributed by atoms with Crippen molar-refractivity contribution in [2.75, 3.05) is 31.1 Å². The molecule has 4 heteroatoms. The SMILES string of the molecule is CC[C@@H](Oc1ccccc1)C(=O)N1CCN(c2cccc(C)c2C)CC1. The first kappa shape index (κ1) is 18.3. The molecule has 1 atom stereocenters. The van der Waals surface area contributed by atoms with Crippen LogP contribution in [0, 0.1) is 13.8 Å². The standard InChI is InChI=1S/C22H28N2O2/c1-4-21(26-19-10-6-5-7-11-19)22(25)24-15-13-23(14-16-24)20-12-8-9-17(2)18(20)3/h5-12,21H,4,13-16H2,1-3H3/t21-/m1/s1. The van der Waals surface area contributed by atoms with Gasteiger partial charge in [0.15, 0.2) is 6.10 Å². The van der Waals surface area contributed by atoms with Crippen LogP contribution in [-0.4, -0.2) is 43.1 Å². The molecule has 1 saturated heterocycles. The van der Waals surface area contributed by atoms with Crippen molar-refractivity contribution in [3.8, 4) is 5.75 Å². The maximum Gasteiger partial charge on any atom is 0.263 e. The van der Waals surface area contributed by atoms with E-state index in [9.17, 15) is 4.79 Å². The van der Waals surface area contributed by atoms with Gasteiger partial charge >= 0.3 is 0 Å². The van der Waals surface area contributed by atoms with Crippen molar-refractivity contribution in [1.82, 2.24) is 4.90 Å². The molecular weight excluding hydrogens is 324 g/mol. The maximum atomic E-state index is 12.9. The minimum atomic E-state index is -0.412. The van der Waals surface area contributed by atoms with Gasteiger partial charge in [-0.15, -0.1) is 0 Å². The Labute approximate surface area is 156 Å². The third-order valence-corrected chi connectivity index (χ3v) is 5.18. The van der Waals surface area contributed by atoms with Crippen LogP contribution in [0.2, 0.25) is 0 Å². The Bertz CT molecular complexity index is 737. The average Bonchev–Trinajstić information content (AvgIpc) is 2.69. The summed E-state index contributed by atoms with van der Waals surface area (Å²) in [5, 5.41) is 0. The van der Waals surface area contributed by atoms with Gasteiger partial charge in [-0.25, -0.2) is 0 Å². The van der Waals surface area contributed by atoms with Crippen molar-refractivity contribution in [2.24, 2.45) is 0 Å². The normalized spacial score (nSPS) is 15.7. The van der Waals surface area contributed by atoms with E-state index in [-0.39, 0.29) is 5.91 Å². The van der Waals surface area contributed by atoms with Gasteiger partial charge in [0.05, 0.1) is 0 Å². The van der Waals surface area contributed by atoms with Crippen LogP contribution in [0.5, 0.6) is 5.75 Å². The summed E-state index contributed by atoms with van der Waals surface area (Å²) in [6, 6.07) is 16.0. The van der Waals surface area contributed by atoms with E-state index in [0.29, 0.717) is 6.42 Å². The lowest BCUT2D eigenvalue weighted by Gasteiger charge is -2.38. The number of anilines is 1. The second-order valence-electron chi connectivity index (χ2n) is 6.86. The molecule has 138 valence electrons. The number of para-hydroxylation sites is 1. The predicted molar refractivity (Wildman–Crippen MR) is 106 cm³/mol. The number of carbonyl (C=O) groups is 1. The summed E-state index contributed by atoms with van der Waals surface area (Å²) in [5.74, 6) is 0.846. The van der Waals surface area contributed by atoms with Gasteiger partial charge < -0.3 is 14.5 Å². The van der Waals surface area contributed by atoms with Crippen LogP contribution < -0.4 is 9.64 Å². The molecular formula is C22H28N2O2. The lowest BCUT2D eigenvalue weighted by molar-refractivity contribution is -0.139. The molecule has 2 aromatic rings. The number of aryl methyl sites for hydroxylation is 1. The van der Waals surface area contributed by atoms with Crippen LogP contribution >= 0.6 is 0 Å². The molecule has 3 rings (SSSR count). The third-order valence-electron chi connectivity index (χ3n) is 5.18. The molecule has 0 aromatic heterocycles. The summed E-state index contributed by atoms with van der Waals surface area (Å²) < 4.78 is 5.92. The molecule has 2 aromatic carbocycles. The number of piperazine rings is 1. The molecule has 1 heterocycles. The fraction of sp³-hybridized carbons (Fsp3) is 0.409. The minimum Gasteiger partial charge on any atom is -0.481 e. The Morgan fingerprint density at radius 2 is 1.69 bits per heavy atom. The Morgan fingerprint density at radius 3 is 2.35 bits per heavy atom. The third kappa shape index (κ3) is 4.01. The van der Waals surface area contributed by atoms with E-state index in [2.05, 4.69) is 36.9 Å². The summed E-state index contributed by atoms with van der Waals surface area (Å²) >= 11 is 0. The summed E-state index contributed by atoms with van der Waals surface area (Å²) in [6.45, 7) is 9.50. The molecule has 1 aliphatic rings. The van der Waals surface area contributed by atoms with Crippen molar-refractivity contribution in [2.45, 2.75) is 33.3 Å². The van der Waals surface area contributed by atoms with Crippen molar-refractivity contribution in [3.05, 3.63) is 59.7 Å². The maximum absolute atomic E-state index is 12.9. The number of nitrogens with zero attached hydrogens (tertiary/aromatic N) is 2. The van der Waals surface area contributed by atoms with E-state index >= 15 is 0 Å². The van der Waals surface area contributed by atoms with E-state index in [1.807, 2.05) is 42.2 Å². The average molecular weight is 352 g/mol. The fourth-order valence-electron chi connectivity index (χ4n) is 3.42. The van der Waals surface area contributed by atoms with Crippen LogP contribution in [0.4, 0.5) is 5.69 Å². The zero-order valence-electron chi connectivity index (χ0n) is 15.9. The van der Waals surface area contributed by atoms with Crippen molar-refractivity contribution < 1.29 is 9.53 Å². The van der Waals surface area contributed by atoms with E-state index < -0.39 is 6.10 Å². The molecule has 0 N–H and O–H groups in total. The highest BCUT2D eigenvalue weighted by atomic mass is 16.5. The Balaban J connectivity index is 1.61. The van der Waals surface area contributed by atoms with E-state index in [1.165, 1.54) is 16.8 Å².